The van der Waals surface area contributed by atoms with Crippen molar-refractivity contribution in [2.45, 2.75) is 39.3 Å². The van der Waals surface area contributed by atoms with Crippen molar-refractivity contribution in [3.63, 3.8) is 0 Å². The van der Waals surface area contributed by atoms with Gasteiger partial charge in [0.2, 0.25) is 0 Å². The lowest BCUT2D eigenvalue weighted by molar-refractivity contribution is 0.215. The predicted octanol–water partition coefficient (Wildman–Crippen LogP) is 2.88. The first-order chi connectivity index (χ1) is 8.02. The molecule has 0 fully saturated rings. The molecule has 2 unspecified atom stereocenters. The van der Waals surface area contributed by atoms with Gasteiger partial charge >= 0.3 is 0 Å². The van der Waals surface area contributed by atoms with Gasteiger partial charge in [-0.2, -0.15) is 0 Å². The second kappa shape index (κ2) is 6.72. The fourth-order valence-corrected chi connectivity index (χ4v) is 1.99. The van der Waals surface area contributed by atoms with Crippen molar-refractivity contribution < 1.29 is 9.50 Å². The second-order valence-corrected chi connectivity index (χ2v) is 4.95. The van der Waals surface area contributed by atoms with Gasteiger partial charge in [0, 0.05) is 12.1 Å². The van der Waals surface area contributed by atoms with Gasteiger partial charge in [-0.15, -0.1) is 0 Å². The van der Waals surface area contributed by atoms with Crippen molar-refractivity contribution in [1.29, 1.82) is 0 Å². The van der Waals surface area contributed by atoms with E-state index < -0.39 is 0 Å². The number of aliphatic hydroxyl groups is 1. The number of hydrogen-bond acceptors (Lipinski definition) is 2. The molecule has 1 aromatic carbocycles. The molecular weight excluding hydrogens is 217 g/mol. The minimum Gasteiger partial charge on any atom is -0.395 e. The Morgan fingerprint density at radius 1 is 1.29 bits per heavy atom. The highest BCUT2D eigenvalue weighted by atomic mass is 19.1. The van der Waals surface area contributed by atoms with E-state index in [1.54, 1.807) is 6.07 Å². The highest BCUT2D eigenvalue weighted by Gasteiger charge is 2.14. The molecule has 0 aliphatic heterocycles. The summed E-state index contributed by atoms with van der Waals surface area (Å²) in [4.78, 5) is 0. The Bertz CT molecular complexity index is 341. The highest BCUT2D eigenvalue weighted by Crippen LogP contribution is 2.16. The van der Waals surface area contributed by atoms with Crippen LogP contribution in [0.5, 0.6) is 0 Å². The zero-order chi connectivity index (χ0) is 12.8. The summed E-state index contributed by atoms with van der Waals surface area (Å²) in [7, 11) is 0. The normalized spacial score (nSPS) is 14.9. The van der Waals surface area contributed by atoms with E-state index in [-0.39, 0.29) is 24.5 Å². The van der Waals surface area contributed by atoms with Crippen molar-refractivity contribution in [3.8, 4) is 0 Å². The standard InChI is InChI=1S/C14H22FNO/c1-10(2)7-14(9-17)16-11(3)12-5-4-6-13(15)8-12/h4-6,8,10-11,14,16-17H,7,9H2,1-3H3. The van der Waals surface area contributed by atoms with E-state index in [1.165, 1.54) is 12.1 Å². The average Bonchev–Trinajstić information content (AvgIpc) is 2.27. The number of nitrogens with one attached hydrogen (secondary N) is 1. The lowest BCUT2D eigenvalue weighted by Crippen LogP contribution is -2.35. The van der Waals surface area contributed by atoms with Gasteiger partial charge in [-0.3, -0.25) is 0 Å². The Labute approximate surface area is 103 Å². The number of aliphatic hydroxyl groups excluding tert-OH is 1. The summed E-state index contributed by atoms with van der Waals surface area (Å²) in [5.41, 5.74) is 0.909. The summed E-state index contributed by atoms with van der Waals surface area (Å²) < 4.78 is 13.1. The van der Waals surface area contributed by atoms with Crippen molar-refractivity contribution in [3.05, 3.63) is 35.6 Å². The zero-order valence-electron chi connectivity index (χ0n) is 10.8. The van der Waals surface area contributed by atoms with Crippen LogP contribution in [0, 0.1) is 11.7 Å². The summed E-state index contributed by atoms with van der Waals surface area (Å²) in [5, 5.41) is 12.6. The van der Waals surface area contributed by atoms with E-state index in [0.29, 0.717) is 5.92 Å². The molecular formula is C14H22FNO. The molecule has 0 radical (unpaired) electrons. The molecule has 2 atom stereocenters. The van der Waals surface area contributed by atoms with Crippen LogP contribution >= 0.6 is 0 Å². The Hall–Kier alpha value is -0.930. The van der Waals surface area contributed by atoms with Crippen molar-refractivity contribution in [2.24, 2.45) is 5.92 Å². The van der Waals surface area contributed by atoms with Gasteiger partial charge in [0.25, 0.3) is 0 Å². The van der Waals surface area contributed by atoms with Crippen molar-refractivity contribution >= 4 is 0 Å². The topological polar surface area (TPSA) is 32.3 Å². The van der Waals surface area contributed by atoms with Gasteiger partial charge in [0.1, 0.15) is 5.82 Å². The van der Waals surface area contributed by atoms with Crippen LogP contribution in [0.1, 0.15) is 38.8 Å². The van der Waals surface area contributed by atoms with Gasteiger partial charge in [0.05, 0.1) is 6.61 Å². The summed E-state index contributed by atoms with van der Waals surface area (Å²) in [6, 6.07) is 6.67. The Morgan fingerprint density at radius 3 is 2.53 bits per heavy atom. The summed E-state index contributed by atoms with van der Waals surface area (Å²) in [6.07, 6.45) is 0.913. The third-order valence-electron chi connectivity index (χ3n) is 2.81. The van der Waals surface area contributed by atoms with Crippen LogP contribution in [-0.2, 0) is 0 Å². The maximum absolute atomic E-state index is 13.1. The molecule has 0 saturated carbocycles. The minimum atomic E-state index is -0.222. The average molecular weight is 239 g/mol. The molecule has 17 heavy (non-hydrogen) atoms. The third kappa shape index (κ3) is 4.84. The minimum absolute atomic E-state index is 0.0431. The lowest BCUT2D eigenvalue weighted by atomic mass is 10.0. The van der Waals surface area contributed by atoms with E-state index in [2.05, 4.69) is 19.2 Å². The quantitative estimate of drug-likeness (QED) is 0.800. The maximum atomic E-state index is 13.1. The first-order valence-corrected chi connectivity index (χ1v) is 6.15. The van der Waals surface area contributed by atoms with Crippen LogP contribution < -0.4 is 5.32 Å². The number of hydrogen-bond donors (Lipinski definition) is 2. The van der Waals surface area contributed by atoms with Crippen LogP contribution in [0.2, 0.25) is 0 Å². The summed E-state index contributed by atoms with van der Waals surface area (Å²) >= 11 is 0. The van der Waals surface area contributed by atoms with E-state index in [4.69, 9.17) is 0 Å². The summed E-state index contributed by atoms with van der Waals surface area (Å²) in [5.74, 6) is 0.305. The molecule has 0 aliphatic rings. The van der Waals surface area contributed by atoms with Crippen LogP contribution in [0.15, 0.2) is 24.3 Å². The maximum Gasteiger partial charge on any atom is 0.123 e. The van der Waals surface area contributed by atoms with Crippen LogP contribution in [0.4, 0.5) is 4.39 Å². The molecule has 1 rings (SSSR count). The van der Waals surface area contributed by atoms with Gasteiger partial charge in [-0.1, -0.05) is 26.0 Å². The molecule has 0 saturated heterocycles. The first kappa shape index (κ1) is 14.1. The Balaban J connectivity index is 2.60. The Morgan fingerprint density at radius 2 is 2.00 bits per heavy atom. The SMILES string of the molecule is CC(C)CC(CO)NC(C)c1cccc(F)c1. The molecule has 0 spiro atoms. The van der Waals surface area contributed by atoms with Gasteiger partial charge in [-0.25, -0.2) is 4.39 Å². The highest BCUT2D eigenvalue weighted by molar-refractivity contribution is 5.19. The van der Waals surface area contributed by atoms with E-state index in [0.717, 1.165) is 12.0 Å². The fourth-order valence-electron chi connectivity index (χ4n) is 1.99. The first-order valence-electron chi connectivity index (χ1n) is 6.15. The molecule has 2 nitrogen and oxygen atoms in total. The van der Waals surface area contributed by atoms with Gasteiger partial charge < -0.3 is 10.4 Å². The monoisotopic (exact) mass is 239 g/mol. The molecule has 0 aliphatic carbocycles. The second-order valence-electron chi connectivity index (χ2n) is 4.95. The van der Waals surface area contributed by atoms with E-state index in [1.807, 2.05) is 13.0 Å². The predicted molar refractivity (Wildman–Crippen MR) is 68.3 cm³/mol. The van der Waals surface area contributed by atoms with Gasteiger partial charge in [-0.05, 0) is 37.0 Å². The Kier molecular flexibility index (Phi) is 5.59. The largest absolute Gasteiger partial charge is 0.395 e. The van der Waals surface area contributed by atoms with Crippen LogP contribution in [0.3, 0.4) is 0 Å². The lowest BCUT2D eigenvalue weighted by Gasteiger charge is -2.23. The molecule has 96 valence electrons. The van der Waals surface area contributed by atoms with Gasteiger partial charge in [0.15, 0.2) is 0 Å². The van der Waals surface area contributed by atoms with Crippen LogP contribution in [0.25, 0.3) is 0 Å². The molecule has 1 aromatic rings. The third-order valence-corrected chi connectivity index (χ3v) is 2.81. The zero-order valence-corrected chi connectivity index (χ0v) is 10.8. The van der Waals surface area contributed by atoms with Crippen molar-refractivity contribution in [1.82, 2.24) is 5.32 Å². The van der Waals surface area contributed by atoms with E-state index >= 15 is 0 Å². The number of halogens is 1. The molecule has 3 heteroatoms. The summed E-state index contributed by atoms with van der Waals surface area (Å²) in [6.45, 7) is 6.34. The molecule has 0 bridgehead atoms. The molecule has 0 amide bonds. The van der Waals surface area contributed by atoms with Crippen LogP contribution in [-0.4, -0.2) is 17.8 Å². The van der Waals surface area contributed by atoms with E-state index in [9.17, 15) is 9.50 Å². The molecule has 0 heterocycles. The number of rotatable bonds is 6. The molecule has 0 aromatic heterocycles. The smallest absolute Gasteiger partial charge is 0.123 e. The molecule has 2 N–H and O–H groups in total. The number of benzene rings is 1. The fraction of sp³-hybridized carbons (Fsp3) is 0.571. The van der Waals surface area contributed by atoms with Crippen molar-refractivity contribution in [2.75, 3.05) is 6.61 Å².